The molecule has 1 heterocycles. The number of piperidine rings is 1. The number of nitrogens with zero attached hydrogens (tertiary/aromatic N) is 1. The summed E-state index contributed by atoms with van der Waals surface area (Å²) in [5.41, 5.74) is 1.65. The predicted octanol–water partition coefficient (Wildman–Crippen LogP) is 4.81. The van der Waals surface area contributed by atoms with Crippen molar-refractivity contribution in [3.05, 3.63) is 34.9 Å². The number of carbonyl (C=O) groups is 2. The molecule has 2 aliphatic rings. The number of benzene rings is 1. The van der Waals surface area contributed by atoms with Crippen LogP contribution in [0.15, 0.2) is 29.8 Å². The van der Waals surface area contributed by atoms with E-state index < -0.39 is 0 Å². The van der Waals surface area contributed by atoms with Crippen LogP contribution in [-0.2, 0) is 9.59 Å². The number of nitrogens with one attached hydrogen (secondary N) is 1. The molecule has 0 saturated carbocycles. The lowest BCUT2D eigenvalue weighted by atomic mass is 9.91. The topological polar surface area (TPSA) is 58.6 Å². The number of ether oxygens (including phenoxy) is 1. The van der Waals surface area contributed by atoms with Crippen LogP contribution in [0.1, 0.15) is 51.4 Å². The van der Waals surface area contributed by atoms with Crippen LogP contribution in [0.2, 0.25) is 5.02 Å². The van der Waals surface area contributed by atoms with E-state index >= 15 is 0 Å². The van der Waals surface area contributed by atoms with E-state index in [0.29, 0.717) is 28.8 Å². The fourth-order valence-corrected chi connectivity index (χ4v) is 4.28. The molecule has 0 bridgehead atoms. The molecule has 0 radical (unpaired) electrons. The maximum Gasteiger partial charge on any atom is 0.249 e. The average Bonchev–Trinajstić information content (AvgIpc) is 2.73. The number of carbonyl (C=O) groups excluding carboxylic acids is 2. The van der Waals surface area contributed by atoms with Gasteiger partial charge in [0.25, 0.3) is 0 Å². The third-order valence-corrected chi connectivity index (χ3v) is 5.88. The van der Waals surface area contributed by atoms with E-state index in [2.05, 4.69) is 11.4 Å². The Hall–Kier alpha value is -2.01. The molecular weight excluding hydrogens is 376 g/mol. The fourth-order valence-electron chi connectivity index (χ4n) is 4.02. The van der Waals surface area contributed by atoms with Crippen molar-refractivity contribution in [2.24, 2.45) is 5.92 Å². The summed E-state index contributed by atoms with van der Waals surface area (Å²) < 4.78 is 5.12. The molecule has 1 atom stereocenters. The van der Waals surface area contributed by atoms with Gasteiger partial charge in [-0.1, -0.05) is 17.7 Å². The first-order valence-corrected chi connectivity index (χ1v) is 10.6. The average molecular weight is 405 g/mol. The van der Waals surface area contributed by atoms with Crippen LogP contribution in [0.5, 0.6) is 5.75 Å². The number of amides is 2. The molecule has 6 heteroatoms. The number of likely N-dealkylation sites (tertiary alicyclic amines) is 1. The molecule has 152 valence electrons. The summed E-state index contributed by atoms with van der Waals surface area (Å²) in [5, 5.41) is 3.36. The standard InChI is InChI=1S/C22H29ClN2O3/c1-28-20-11-10-18(14-19(20)23)24-21(26)12-9-16-6-5-13-25(15-16)22(27)17-7-3-2-4-8-17/h7,10-11,14,16H,2-6,8-9,12-13,15H2,1H3,(H,24,26)/t16-/m1/s1. The maximum atomic E-state index is 12.7. The number of rotatable bonds is 6. The monoisotopic (exact) mass is 404 g/mol. The molecule has 2 amide bonds. The van der Waals surface area contributed by atoms with Crippen molar-refractivity contribution in [3.63, 3.8) is 0 Å². The minimum atomic E-state index is -0.0281. The van der Waals surface area contributed by atoms with Crippen LogP contribution in [-0.4, -0.2) is 36.9 Å². The van der Waals surface area contributed by atoms with E-state index in [4.69, 9.17) is 16.3 Å². The fraction of sp³-hybridized carbons (Fsp3) is 0.545. The lowest BCUT2D eigenvalue weighted by molar-refractivity contribution is -0.129. The Kier molecular flexibility index (Phi) is 7.37. The molecule has 3 rings (SSSR count). The van der Waals surface area contributed by atoms with Crippen molar-refractivity contribution in [3.8, 4) is 5.75 Å². The van der Waals surface area contributed by atoms with Gasteiger partial charge >= 0.3 is 0 Å². The van der Waals surface area contributed by atoms with Crippen molar-refractivity contribution in [2.45, 2.75) is 51.4 Å². The van der Waals surface area contributed by atoms with Crippen LogP contribution < -0.4 is 10.1 Å². The summed E-state index contributed by atoms with van der Waals surface area (Å²) in [6, 6.07) is 5.21. The second-order valence-corrected chi connectivity index (χ2v) is 8.08. The van der Waals surface area contributed by atoms with Gasteiger partial charge in [-0.2, -0.15) is 0 Å². The van der Waals surface area contributed by atoms with E-state index in [1.54, 1.807) is 25.3 Å². The van der Waals surface area contributed by atoms with Gasteiger partial charge in [0.2, 0.25) is 11.8 Å². The van der Waals surface area contributed by atoms with Crippen molar-refractivity contribution in [1.29, 1.82) is 0 Å². The third kappa shape index (κ3) is 5.51. The highest BCUT2D eigenvalue weighted by molar-refractivity contribution is 6.32. The number of halogens is 1. The number of methoxy groups -OCH3 is 1. The molecule has 1 aliphatic carbocycles. The van der Waals surface area contributed by atoms with Crippen molar-refractivity contribution in [2.75, 3.05) is 25.5 Å². The molecule has 1 aromatic rings. The molecule has 1 N–H and O–H groups in total. The van der Waals surface area contributed by atoms with Crippen LogP contribution in [0.3, 0.4) is 0 Å². The van der Waals surface area contributed by atoms with Gasteiger partial charge in [0.05, 0.1) is 12.1 Å². The Bertz CT molecular complexity index is 747. The summed E-state index contributed by atoms with van der Waals surface area (Å²) in [6.07, 6.45) is 9.67. The highest BCUT2D eigenvalue weighted by atomic mass is 35.5. The Morgan fingerprint density at radius 1 is 1.29 bits per heavy atom. The normalized spacial score (nSPS) is 19.7. The number of allylic oxidation sites excluding steroid dienone is 1. The van der Waals surface area contributed by atoms with Crippen LogP contribution in [0.25, 0.3) is 0 Å². The first kappa shape index (κ1) is 20.7. The van der Waals surface area contributed by atoms with Gasteiger partial charge in [-0.25, -0.2) is 0 Å². The zero-order chi connectivity index (χ0) is 19.9. The van der Waals surface area contributed by atoms with Gasteiger partial charge in [0.1, 0.15) is 5.75 Å². The SMILES string of the molecule is COc1ccc(NC(=O)CC[C@H]2CCCN(C(=O)C3=CCCCC3)C2)cc1Cl. The van der Waals surface area contributed by atoms with Crippen LogP contribution in [0, 0.1) is 5.92 Å². The summed E-state index contributed by atoms with van der Waals surface area (Å²) >= 11 is 6.10. The van der Waals surface area contributed by atoms with Crippen molar-refractivity contribution in [1.82, 2.24) is 4.90 Å². The van der Waals surface area contributed by atoms with Crippen LogP contribution in [0.4, 0.5) is 5.69 Å². The molecule has 1 saturated heterocycles. The molecule has 1 fully saturated rings. The van der Waals surface area contributed by atoms with E-state index in [0.717, 1.165) is 57.2 Å². The Morgan fingerprint density at radius 3 is 2.86 bits per heavy atom. The molecular formula is C22H29ClN2O3. The largest absolute Gasteiger partial charge is 0.495 e. The number of hydrogen-bond donors (Lipinski definition) is 1. The second-order valence-electron chi connectivity index (χ2n) is 7.67. The van der Waals surface area contributed by atoms with E-state index in [1.165, 1.54) is 6.42 Å². The predicted molar refractivity (Wildman–Crippen MR) is 112 cm³/mol. The lowest BCUT2D eigenvalue weighted by Crippen LogP contribution is -2.41. The van der Waals surface area contributed by atoms with E-state index in [9.17, 15) is 9.59 Å². The molecule has 1 aliphatic heterocycles. The molecule has 0 unspecified atom stereocenters. The minimum Gasteiger partial charge on any atom is -0.495 e. The lowest BCUT2D eigenvalue weighted by Gasteiger charge is -2.34. The van der Waals surface area contributed by atoms with Gasteiger partial charge < -0.3 is 15.0 Å². The summed E-state index contributed by atoms with van der Waals surface area (Å²) in [5.74, 6) is 1.15. The van der Waals surface area contributed by atoms with Gasteiger partial charge in [-0.3, -0.25) is 9.59 Å². The zero-order valence-electron chi connectivity index (χ0n) is 16.5. The molecule has 0 spiro atoms. The highest BCUT2D eigenvalue weighted by Crippen LogP contribution is 2.28. The third-order valence-electron chi connectivity index (χ3n) is 5.59. The molecule has 28 heavy (non-hydrogen) atoms. The van der Waals surface area contributed by atoms with Crippen molar-refractivity contribution < 1.29 is 14.3 Å². The highest BCUT2D eigenvalue weighted by Gasteiger charge is 2.26. The molecule has 0 aromatic heterocycles. The van der Waals surface area contributed by atoms with Gasteiger partial charge in [0, 0.05) is 30.8 Å². The molecule has 1 aromatic carbocycles. The Balaban J connectivity index is 1.47. The molecule has 5 nitrogen and oxygen atoms in total. The van der Waals surface area contributed by atoms with Crippen LogP contribution >= 0.6 is 11.6 Å². The zero-order valence-corrected chi connectivity index (χ0v) is 17.3. The number of hydrogen-bond acceptors (Lipinski definition) is 3. The van der Waals surface area contributed by atoms with Crippen molar-refractivity contribution >= 4 is 29.1 Å². The first-order valence-electron chi connectivity index (χ1n) is 10.2. The first-order chi connectivity index (χ1) is 13.6. The summed E-state index contributed by atoms with van der Waals surface area (Å²) in [6.45, 7) is 1.60. The Morgan fingerprint density at radius 2 is 2.14 bits per heavy atom. The maximum absolute atomic E-state index is 12.7. The smallest absolute Gasteiger partial charge is 0.249 e. The quantitative estimate of drug-likeness (QED) is 0.740. The number of anilines is 1. The minimum absolute atomic E-state index is 0.0281. The summed E-state index contributed by atoms with van der Waals surface area (Å²) in [7, 11) is 1.56. The Labute approximate surface area is 172 Å². The van der Waals surface area contributed by atoms with Gasteiger partial charge in [-0.15, -0.1) is 0 Å². The van der Waals surface area contributed by atoms with Gasteiger partial charge in [0.15, 0.2) is 0 Å². The van der Waals surface area contributed by atoms with E-state index in [-0.39, 0.29) is 11.8 Å². The summed E-state index contributed by atoms with van der Waals surface area (Å²) in [4.78, 5) is 27.0. The van der Waals surface area contributed by atoms with E-state index in [1.807, 2.05) is 4.90 Å². The second kappa shape index (κ2) is 9.97. The van der Waals surface area contributed by atoms with Gasteiger partial charge in [-0.05, 0) is 69.1 Å².